The summed E-state index contributed by atoms with van der Waals surface area (Å²) in [6.45, 7) is 0. The molecular weight excluding hydrogens is 281 g/mol. The maximum atomic E-state index is 11.0. The Balaban J connectivity index is 3.26. The van der Waals surface area contributed by atoms with E-state index in [1.54, 1.807) is 0 Å². The van der Waals surface area contributed by atoms with Gasteiger partial charge in [0.1, 0.15) is 9.90 Å². The summed E-state index contributed by atoms with van der Waals surface area (Å²) in [5.74, 6) is 0. The van der Waals surface area contributed by atoms with Crippen molar-refractivity contribution in [1.29, 1.82) is 0 Å². The number of rotatable bonds is 1. The summed E-state index contributed by atoms with van der Waals surface area (Å²) in [6, 6.07) is 0. The summed E-state index contributed by atoms with van der Waals surface area (Å²) in [7, 11) is 0.495. The molecule has 0 saturated heterocycles. The third kappa shape index (κ3) is 2.32. The standard InChI is InChI=1S/C4Cl3NO3S2/c5-1-2(12-8-3(1)6)4(9)13(7,10)11. The Morgan fingerprint density at radius 3 is 2.23 bits per heavy atom. The van der Waals surface area contributed by atoms with Gasteiger partial charge in [-0.1, -0.05) is 23.2 Å². The minimum absolute atomic E-state index is 0.115. The minimum atomic E-state index is -4.30. The molecule has 0 atom stereocenters. The van der Waals surface area contributed by atoms with E-state index in [0.717, 1.165) is 0 Å². The summed E-state index contributed by atoms with van der Waals surface area (Å²) >= 11 is 11.5. The smallest absolute Gasteiger partial charge is 0.274 e. The number of carbonyl (C=O) groups is 1. The molecule has 0 bridgehead atoms. The van der Waals surface area contributed by atoms with Crippen LogP contribution in [0, 0.1) is 0 Å². The van der Waals surface area contributed by atoms with Gasteiger partial charge in [0.25, 0.3) is 0 Å². The Kier molecular flexibility index (Phi) is 3.19. The van der Waals surface area contributed by atoms with Crippen LogP contribution in [-0.4, -0.2) is 17.9 Å². The quantitative estimate of drug-likeness (QED) is 0.740. The average Bonchev–Trinajstić information content (AvgIpc) is 2.30. The molecule has 0 spiro atoms. The highest BCUT2D eigenvalue weighted by molar-refractivity contribution is 8.26. The third-order valence-corrected chi connectivity index (χ3v) is 4.00. The molecule has 0 radical (unpaired) electrons. The summed E-state index contributed by atoms with van der Waals surface area (Å²) in [6.07, 6.45) is 0. The van der Waals surface area contributed by atoms with Crippen LogP contribution in [0.4, 0.5) is 0 Å². The van der Waals surface area contributed by atoms with Crippen LogP contribution < -0.4 is 0 Å². The number of hydrogen-bond donors (Lipinski definition) is 0. The number of nitrogens with zero attached hydrogens (tertiary/aromatic N) is 1. The molecule has 4 nitrogen and oxygen atoms in total. The normalized spacial score (nSPS) is 11.6. The zero-order chi connectivity index (χ0) is 10.2. The zero-order valence-corrected chi connectivity index (χ0v) is 9.52. The van der Waals surface area contributed by atoms with Crippen molar-refractivity contribution < 1.29 is 13.2 Å². The van der Waals surface area contributed by atoms with Crippen molar-refractivity contribution in [2.24, 2.45) is 0 Å². The summed E-state index contributed by atoms with van der Waals surface area (Å²) in [4.78, 5) is 10.7. The lowest BCUT2D eigenvalue weighted by Crippen LogP contribution is -2.06. The van der Waals surface area contributed by atoms with E-state index < -0.39 is 14.2 Å². The molecular formula is C4Cl3NO3S2. The fourth-order valence-corrected chi connectivity index (χ4v) is 2.74. The van der Waals surface area contributed by atoms with Gasteiger partial charge in [0.2, 0.25) is 0 Å². The molecule has 0 amide bonds. The van der Waals surface area contributed by atoms with Crippen molar-refractivity contribution in [2.45, 2.75) is 0 Å². The maximum absolute atomic E-state index is 11.0. The van der Waals surface area contributed by atoms with Crippen molar-refractivity contribution in [2.75, 3.05) is 0 Å². The lowest BCUT2D eigenvalue weighted by atomic mass is 10.5. The summed E-state index contributed by atoms with van der Waals surface area (Å²) in [5.41, 5.74) is 0. The van der Waals surface area contributed by atoms with E-state index in [-0.39, 0.29) is 15.1 Å². The van der Waals surface area contributed by atoms with Gasteiger partial charge in [-0.25, -0.2) is 8.42 Å². The molecule has 1 rings (SSSR count). The fraction of sp³-hybridized carbons (Fsp3) is 0. The average molecular weight is 281 g/mol. The van der Waals surface area contributed by atoms with Gasteiger partial charge in [-0.3, -0.25) is 4.79 Å². The Labute approximate surface area is 92.0 Å². The van der Waals surface area contributed by atoms with E-state index >= 15 is 0 Å². The molecule has 1 aromatic heterocycles. The molecule has 0 aromatic carbocycles. The largest absolute Gasteiger partial charge is 0.305 e. The molecule has 0 N–H and O–H groups in total. The van der Waals surface area contributed by atoms with Gasteiger partial charge in [0.05, 0.1) is 0 Å². The Morgan fingerprint density at radius 2 is 1.92 bits per heavy atom. The van der Waals surface area contributed by atoms with Crippen molar-refractivity contribution >= 4 is 59.6 Å². The Hall–Kier alpha value is 0.120. The van der Waals surface area contributed by atoms with Crippen LogP contribution in [0.2, 0.25) is 10.2 Å². The van der Waals surface area contributed by atoms with E-state index in [1.807, 2.05) is 0 Å². The van der Waals surface area contributed by atoms with Gasteiger partial charge >= 0.3 is 14.2 Å². The highest BCUT2D eigenvalue weighted by atomic mass is 35.7. The van der Waals surface area contributed by atoms with Crippen LogP contribution in [-0.2, 0) is 9.05 Å². The van der Waals surface area contributed by atoms with Crippen LogP contribution in [0.5, 0.6) is 0 Å². The van der Waals surface area contributed by atoms with E-state index in [0.29, 0.717) is 11.5 Å². The van der Waals surface area contributed by atoms with Crippen LogP contribution in [0.1, 0.15) is 9.67 Å². The van der Waals surface area contributed by atoms with Gasteiger partial charge in [-0.05, 0) is 11.5 Å². The fourth-order valence-electron chi connectivity index (χ4n) is 0.497. The predicted molar refractivity (Wildman–Crippen MR) is 51.2 cm³/mol. The van der Waals surface area contributed by atoms with Gasteiger partial charge in [-0.15, -0.1) is 0 Å². The predicted octanol–water partition coefficient (Wildman–Crippen LogP) is 2.16. The third-order valence-electron chi connectivity index (χ3n) is 1.00. The lowest BCUT2D eigenvalue weighted by Gasteiger charge is -1.90. The molecule has 0 unspecified atom stereocenters. The molecule has 1 aromatic rings. The molecule has 0 saturated carbocycles. The molecule has 0 aliphatic heterocycles. The molecule has 0 aliphatic carbocycles. The lowest BCUT2D eigenvalue weighted by molar-refractivity contribution is 0.108. The number of hydrogen-bond acceptors (Lipinski definition) is 5. The minimum Gasteiger partial charge on any atom is -0.274 e. The van der Waals surface area contributed by atoms with Gasteiger partial charge in [0, 0.05) is 10.7 Å². The number of aromatic nitrogens is 1. The highest BCUT2D eigenvalue weighted by Gasteiger charge is 2.27. The molecule has 0 fully saturated rings. The van der Waals surface area contributed by atoms with Crippen molar-refractivity contribution in [3.8, 4) is 0 Å². The Bertz CT molecular complexity index is 451. The monoisotopic (exact) mass is 279 g/mol. The Morgan fingerprint density at radius 1 is 1.38 bits per heavy atom. The molecule has 1 heterocycles. The molecule has 0 aliphatic rings. The topological polar surface area (TPSA) is 64.1 Å². The van der Waals surface area contributed by atoms with Crippen LogP contribution >= 0.6 is 45.4 Å². The summed E-state index contributed by atoms with van der Waals surface area (Å²) in [5, 5.41) is -1.60. The molecule has 13 heavy (non-hydrogen) atoms. The second kappa shape index (κ2) is 3.70. The maximum Gasteiger partial charge on any atom is 0.305 e. The number of carbonyl (C=O) groups excluding carboxylic acids is 1. The second-order valence-electron chi connectivity index (χ2n) is 1.84. The van der Waals surface area contributed by atoms with E-state index in [2.05, 4.69) is 4.37 Å². The second-order valence-corrected chi connectivity index (χ2v) is 5.82. The van der Waals surface area contributed by atoms with E-state index in [1.165, 1.54) is 0 Å². The molecule has 9 heteroatoms. The number of halogens is 3. The first-order valence-electron chi connectivity index (χ1n) is 2.63. The van der Waals surface area contributed by atoms with Crippen LogP contribution in [0.15, 0.2) is 0 Å². The van der Waals surface area contributed by atoms with E-state index in [9.17, 15) is 13.2 Å². The van der Waals surface area contributed by atoms with Crippen LogP contribution in [0.25, 0.3) is 0 Å². The summed E-state index contributed by atoms with van der Waals surface area (Å²) < 4.78 is 24.7. The van der Waals surface area contributed by atoms with Gasteiger partial charge in [0.15, 0.2) is 5.15 Å². The van der Waals surface area contributed by atoms with E-state index in [4.69, 9.17) is 33.9 Å². The van der Waals surface area contributed by atoms with Crippen molar-refractivity contribution in [3.63, 3.8) is 0 Å². The van der Waals surface area contributed by atoms with Gasteiger partial charge < -0.3 is 0 Å². The SMILES string of the molecule is O=C(c1snc(Cl)c1Cl)S(=O)(=O)Cl. The highest BCUT2D eigenvalue weighted by Crippen LogP contribution is 2.30. The molecule has 72 valence electrons. The zero-order valence-electron chi connectivity index (χ0n) is 5.62. The van der Waals surface area contributed by atoms with Crippen LogP contribution in [0.3, 0.4) is 0 Å². The first kappa shape index (κ1) is 11.2. The van der Waals surface area contributed by atoms with Crippen molar-refractivity contribution in [1.82, 2.24) is 4.37 Å². The van der Waals surface area contributed by atoms with Crippen molar-refractivity contribution in [3.05, 3.63) is 15.1 Å². The van der Waals surface area contributed by atoms with Gasteiger partial charge in [-0.2, -0.15) is 4.37 Å². The first-order valence-corrected chi connectivity index (χ1v) is 6.47. The first-order chi connectivity index (χ1) is 5.84.